The molecule has 0 aliphatic carbocycles. The molecule has 0 amide bonds. The van der Waals surface area contributed by atoms with Crippen LogP contribution in [0.3, 0.4) is 0 Å². The van der Waals surface area contributed by atoms with Gasteiger partial charge in [-0.3, -0.25) is 5.40 Å². The van der Waals surface area contributed by atoms with Crippen molar-refractivity contribution in [2.24, 2.45) is 0 Å². The molecule has 2 rings (SSSR count). The molecule has 0 saturated carbocycles. The number of aliphatic hydroxyl groups is 1. The normalized spacial score (nSPS) is 22.7. The standard InChI is InChI=1S/C11H14N2OS/c12-11-13(6-7-15-11)8-10(14)9-4-2-1-3-5-9/h1-5,10,12,14H,6-8H2/i14D/hD. The summed E-state index contributed by atoms with van der Waals surface area (Å²) < 4.78 is 14.2. The first kappa shape index (κ1) is 8.19. The number of nitrogens with zero attached hydrogens (tertiary/aromatic N) is 1. The average molecular weight is 224 g/mol. The van der Waals surface area contributed by atoms with E-state index >= 15 is 0 Å². The Bertz CT molecular complexity index is 388. The molecule has 0 aromatic heterocycles. The Balaban J connectivity index is 2.05. The highest BCUT2D eigenvalue weighted by molar-refractivity contribution is 8.14. The van der Waals surface area contributed by atoms with Crippen LogP contribution in [0.25, 0.3) is 0 Å². The molecule has 1 aliphatic heterocycles. The van der Waals surface area contributed by atoms with Crippen LogP contribution in [0, 0.1) is 5.40 Å². The average Bonchev–Trinajstić information content (AvgIpc) is 2.84. The lowest BCUT2D eigenvalue weighted by Gasteiger charge is -2.20. The zero-order valence-electron chi connectivity index (χ0n) is 10.3. The molecular weight excluding hydrogens is 208 g/mol. The van der Waals surface area contributed by atoms with Gasteiger partial charge in [-0.2, -0.15) is 0 Å². The Morgan fingerprint density at radius 2 is 2.47 bits per heavy atom. The van der Waals surface area contributed by atoms with E-state index in [0.717, 1.165) is 17.9 Å². The summed E-state index contributed by atoms with van der Waals surface area (Å²) in [6.45, 7) is 1.42. The Hall–Kier alpha value is -1.00. The number of aliphatic hydroxyl groups excluding tert-OH is 1. The van der Waals surface area contributed by atoms with Crippen molar-refractivity contribution >= 4 is 16.9 Å². The van der Waals surface area contributed by atoms with Crippen molar-refractivity contribution in [1.29, 1.82) is 6.83 Å². The molecular formula is C11H14N2OS. The third-order valence-electron chi connectivity index (χ3n) is 2.42. The Morgan fingerprint density at radius 3 is 3.20 bits per heavy atom. The van der Waals surface area contributed by atoms with Gasteiger partial charge < -0.3 is 10.0 Å². The van der Waals surface area contributed by atoms with Gasteiger partial charge in [0.15, 0.2) is 6.58 Å². The second-order valence-electron chi connectivity index (χ2n) is 3.48. The largest absolute Gasteiger partial charge is 0.387 e. The van der Waals surface area contributed by atoms with Gasteiger partial charge in [0.1, 0.15) is 0 Å². The van der Waals surface area contributed by atoms with Gasteiger partial charge >= 0.3 is 0 Å². The Morgan fingerprint density at radius 1 is 1.60 bits per heavy atom. The van der Waals surface area contributed by atoms with Crippen LogP contribution >= 0.6 is 11.8 Å². The van der Waals surface area contributed by atoms with Crippen LogP contribution in [0.4, 0.5) is 0 Å². The van der Waals surface area contributed by atoms with Gasteiger partial charge in [-0.05, 0) is 5.56 Å². The summed E-state index contributed by atoms with van der Waals surface area (Å²) in [5, 5.41) is 8.97. The van der Waals surface area contributed by atoms with E-state index in [1.165, 1.54) is 0 Å². The zero-order valence-corrected chi connectivity index (χ0v) is 9.11. The van der Waals surface area contributed by atoms with Crippen LogP contribution < -0.4 is 0 Å². The van der Waals surface area contributed by atoms with Crippen molar-refractivity contribution in [3.8, 4) is 0 Å². The number of rotatable bonds is 4. The second-order valence-corrected chi connectivity index (χ2v) is 4.54. The highest BCUT2D eigenvalue weighted by atomic mass is 32.2. The maximum absolute atomic E-state index is 7.16. The summed E-state index contributed by atoms with van der Waals surface area (Å²) in [6, 6.07) is 9.69. The van der Waals surface area contributed by atoms with E-state index in [1.807, 2.05) is 35.2 Å². The van der Waals surface area contributed by atoms with E-state index in [-0.39, 0.29) is 6.10 Å². The van der Waals surface area contributed by atoms with Gasteiger partial charge in [0.2, 0.25) is 1.43 Å². The van der Waals surface area contributed by atoms with Crippen molar-refractivity contribution in [2.75, 3.05) is 18.8 Å². The summed E-state index contributed by atoms with van der Waals surface area (Å²) in [5.41, 5.74) is 0.976. The third-order valence-corrected chi connectivity index (χ3v) is 3.32. The lowest BCUT2D eigenvalue weighted by molar-refractivity contribution is 0.148. The molecule has 0 spiro atoms. The van der Waals surface area contributed by atoms with Gasteiger partial charge in [-0.1, -0.05) is 42.1 Å². The fourth-order valence-corrected chi connectivity index (χ4v) is 2.42. The van der Waals surface area contributed by atoms with Crippen LogP contribution in [0.5, 0.6) is 0 Å². The van der Waals surface area contributed by atoms with Crippen molar-refractivity contribution in [3.63, 3.8) is 0 Å². The quantitative estimate of drug-likeness (QED) is 0.818. The predicted molar refractivity (Wildman–Crippen MR) is 63.2 cm³/mol. The van der Waals surface area contributed by atoms with Gasteiger partial charge in [-0.15, -0.1) is 0 Å². The third kappa shape index (κ3) is 2.52. The van der Waals surface area contributed by atoms with Crippen LogP contribution in [0.15, 0.2) is 30.3 Å². The fraction of sp³-hybridized carbons (Fsp3) is 0.364. The van der Waals surface area contributed by atoms with Crippen LogP contribution in [0.1, 0.15) is 11.7 Å². The van der Waals surface area contributed by atoms with Gasteiger partial charge in [0.05, 0.1) is 6.10 Å². The summed E-state index contributed by atoms with van der Waals surface area (Å²) in [5.74, 6) is 0.942. The molecule has 2 N–H and O–H groups in total. The molecule has 1 heterocycles. The highest BCUT2D eigenvalue weighted by Crippen LogP contribution is 2.20. The molecule has 3 nitrogen and oxygen atoms in total. The molecule has 1 unspecified atom stereocenters. The molecule has 1 aromatic carbocycles. The molecule has 15 heavy (non-hydrogen) atoms. The first-order chi connectivity index (χ1) is 8.35. The van der Waals surface area contributed by atoms with Crippen LogP contribution in [-0.2, 0) is 0 Å². The Labute approximate surface area is 96.6 Å². The van der Waals surface area contributed by atoms with Crippen molar-refractivity contribution in [1.82, 2.24) is 4.90 Å². The molecule has 80 valence electrons. The SMILES string of the molecule is [2H]N=C1SCCN1CC(O[2H])c1ccccc1. The number of amidine groups is 1. The summed E-state index contributed by atoms with van der Waals surface area (Å²) in [7, 11) is 0. The Kier molecular flexibility index (Phi) is 2.55. The molecule has 1 aliphatic rings. The van der Waals surface area contributed by atoms with E-state index in [2.05, 4.69) is 5.40 Å². The molecule has 4 heteroatoms. The first-order valence-electron chi connectivity index (χ1n) is 5.77. The summed E-state index contributed by atoms with van der Waals surface area (Å²) >= 11 is 1.57. The fourth-order valence-electron chi connectivity index (χ4n) is 1.58. The van der Waals surface area contributed by atoms with Gasteiger partial charge in [0, 0.05) is 18.8 Å². The minimum absolute atomic E-state index is 0.299. The maximum atomic E-state index is 7.16. The molecule has 1 fully saturated rings. The van der Waals surface area contributed by atoms with Gasteiger partial charge in [0.25, 0.3) is 0 Å². The molecule has 0 radical (unpaired) electrons. The molecule has 1 atom stereocenters. The maximum Gasteiger partial charge on any atom is 0.211 e. The smallest absolute Gasteiger partial charge is 0.211 e. The number of thioether (sulfide) groups is 1. The van der Waals surface area contributed by atoms with Crippen molar-refractivity contribution in [2.45, 2.75) is 6.10 Å². The number of hydrogen-bond acceptors (Lipinski definition) is 3. The lowest BCUT2D eigenvalue weighted by Crippen LogP contribution is -2.28. The lowest BCUT2D eigenvalue weighted by atomic mass is 10.1. The number of β-amino-alcohol motifs (C(OH)–C–C–N with tert-alkyl or cyclic N) is 1. The number of nitrogens with one attached hydrogen (secondary N) is 1. The van der Waals surface area contributed by atoms with E-state index in [9.17, 15) is 0 Å². The molecule has 1 saturated heterocycles. The van der Waals surface area contributed by atoms with E-state index in [4.69, 9.17) is 7.95 Å². The zero-order chi connectivity index (χ0) is 12.1. The monoisotopic (exact) mass is 224 g/mol. The summed E-state index contributed by atoms with van der Waals surface area (Å²) in [4.78, 5) is 1.99. The molecule has 1 aromatic rings. The summed E-state index contributed by atoms with van der Waals surface area (Å²) in [6.07, 6.45) is -0.299. The van der Waals surface area contributed by atoms with E-state index in [1.54, 1.807) is 11.8 Å². The second kappa shape index (κ2) is 4.68. The number of hydrogen-bond donors (Lipinski definition) is 2. The van der Waals surface area contributed by atoms with E-state index < -0.39 is 0 Å². The van der Waals surface area contributed by atoms with Crippen molar-refractivity contribution < 1.29 is 6.52 Å². The highest BCUT2D eigenvalue weighted by Gasteiger charge is 2.20. The minimum atomic E-state index is -0.299. The van der Waals surface area contributed by atoms with E-state index in [0.29, 0.717) is 11.7 Å². The van der Waals surface area contributed by atoms with Crippen LogP contribution in [0.2, 0.25) is 1.41 Å². The number of benzene rings is 1. The van der Waals surface area contributed by atoms with Gasteiger partial charge in [-0.25, -0.2) is 0 Å². The van der Waals surface area contributed by atoms with Crippen molar-refractivity contribution in [3.05, 3.63) is 35.9 Å². The molecule has 0 bridgehead atoms. The van der Waals surface area contributed by atoms with Crippen LogP contribution in [-0.4, -0.2) is 35.4 Å². The predicted octanol–water partition coefficient (Wildman–Crippen LogP) is 1.70. The first-order valence-corrected chi connectivity index (χ1v) is 5.90. The topological polar surface area (TPSA) is 47.3 Å². The minimum Gasteiger partial charge on any atom is -0.387 e.